The van der Waals surface area contributed by atoms with Crippen molar-refractivity contribution in [2.75, 3.05) is 0 Å². The molecule has 0 fully saturated rings. The first-order chi connectivity index (χ1) is 14.1. The second kappa shape index (κ2) is 13.3. The zero-order chi connectivity index (χ0) is 22.4. The number of hydrogen-bond donors (Lipinski definition) is 4. The number of ether oxygens (including phenoxy) is 1. The minimum absolute atomic E-state index is 0. The molecule has 174 valence electrons. The van der Waals surface area contributed by atoms with Crippen LogP contribution in [-0.2, 0) is 14.3 Å². The van der Waals surface area contributed by atoms with Crippen molar-refractivity contribution in [2.45, 2.75) is 83.7 Å². The second-order valence-electron chi connectivity index (χ2n) is 8.88. The third kappa shape index (κ3) is 8.45. The van der Waals surface area contributed by atoms with E-state index >= 15 is 0 Å². The van der Waals surface area contributed by atoms with Crippen LogP contribution in [-0.4, -0.2) is 94.5 Å². The number of carboxylic acids is 1. The van der Waals surface area contributed by atoms with Crippen LogP contribution < -0.4 is 0 Å². The Labute approximate surface area is 214 Å². The SMILES string of the molecule is CC[C@H](C)C(=O)O[C@H]1C[C@H](O)C=C2C=C[C@H](C)[C@H](CC[C@@H](O)CC(O)CC(=O)O)[C@H]21.[CaH2]. The molecule has 0 aliphatic heterocycles. The molecule has 0 aromatic rings. The number of rotatable bonds is 10. The Kier molecular flexibility index (Phi) is 12.3. The molecule has 0 saturated heterocycles. The van der Waals surface area contributed by atoms with Crippen LogP contribution in [0.2, 0.25) is 0 Å². The Bertz CT molecular complexity index is 662. The van der Waals surface area contributed by atoms with Crippen molar-refractivity contribution in [3.63, 3.8) is 0 Å². The van der Waals surface area contributed by atoms with Crippen LogP contribution in [0.4, 0.5) is 0 Å². The number of aliphatic hydroxyl groups excluding tert-OH is 3. The molecule has 2 rings (SSSR count). The van der Waals surface area contributed by atoms with Crippen LogP contribution in [0.25, 0.3) is 0 Å². The van der Waals surface area contributed by atoms with Gasteiger partial charge in [-0.3, -0.25) is 9.59 Å². The summed E-state index contributed by atoms with van der Waals surface area (Å²) < 4.78 is 5.84. The summed E-state index contributed by atoms with van der Waals surface area (Å²) in [6.45, 7) is 5.85. The zero-order valence-corrected chi connectivity index (χ0v) is 18.1. The van der Waals surface area contributed by atoms with Crippen molar-refractivity contribution in [2.24, 2.45) is 23.7 Å². The molecule has 8 heteroatoms. The van der Waals surface area contributed by atoms with Gasteiger partial charge in [-0.05, 0) is 43.1 Å². The van der Waals surface area contributed by atoms with E-state index in [1.165, 1.54) is 0 Å². The Balaban J connectivity index is 0.00000480. The van der Waals surface area contributed by atoms with E-state index in [0.717, 1.165) is 5.57 Å². The van der Waals surface area contributed by atoms with E-state index < -0.39 is 30.4 Å². The van der Waals surface area contributed by atoms with E-state index in [9.17, 15) is 24.9 Å². The van der Waals surface area contributed by atoms with Crippen LogP contribution in [0.15, 0.2) is 23.8 Å². The number of aliphatic carboxylic acids is 1. The van der Waals surface area contributed by atoms with Crippen molar-refractivity contribution in [3.8, 4) is 0 Å². The van der Waals surface area contributed by atoms with E-state index in [1.54, 1.807) is 0 Å². The van der Waals surface area contributed by atoms with E-state index in [2.05, 4.69) is 13.0 Å². The Hall–Kier alpha value is -0.440. The van der Waals surface area contributed by atoms with Crippen LogP contribution >= 0.6 is 0 Å². The fourth-order valence-electron chi connectivity index (χ4n) is 4.52. The molecular formula is C23H38CaO7. The minimum atomic E-state index is -1.10. The van der Waals surface area contributed by atoms with Crippen molar-refractivity contribution >= 4 is 49.7 Å². The fourth-order valence-corrected chi connectivity index (χ4v) is 4.52. The summed E-state index contributed by atoms with van der Waals surface area (Å²) in [6, 6.07) is 0. The number of allylic oxidation sites excluding steroid dienone is 2. The normalized spacial score (nSPS) is 30.3. The summed E-state index contributed by atoms with van der Waals surface area (Å²) in [4.78, 5) is 23.1. The number of esters is 1. The molecule has 0 amide bonds. The topological polar surface area (TPSA) is 124 Å². The summed E-state index contributed by atoms with van der Waals surface area (Å²) >= 11 is 0. The molecule has 1 unspecified atom stereocenters. The molecule has 0 heterocycles. The van der Waals surface area contributed by atoms with Crippen molar-refractivity contribution < 1.29 is 34.8 Å². The molecule has 0 bridgehead atoms. The van der Waals surface area contributed by atoms with Gasteiger partial charge in [-0.15, -0.1) is 0 Å². The average molecular weight is 467 g/mol. The molecule has 8 atom stereocenters. The number of aliphatic hydroxyl groups is 3. The van der Waals surface area contributed by atoms with E-state index in [-0.39, 0.29) is 80.2 Å². The standard InChI is InChI=1S/C23H36O7.Ca.2H/c1-4-13(2)23(29)30-20-11-17(25)9-15-6-5-14(3)19(22(15)20)8-7-16(24)10-18(26)12-21(27)28;;;/h5-6,9,13-14,16-20,22,24-26H,4,7-8,10-12H2,1-3H3,(H,27,28);;;/t13-,14-,16+,17+,18?,19-,20-,22-;;;/m0.../s1. The maximum absolute atomic E-state index is 12.4. The molecule has 7 nitrogen and oxygen atoms in total. The maximum atomic E-state index is 12.4. The van der Waals surface area contributed by atoms with Gasteiger partial charge in [0.25, 0.3) is 0 Å². The van der Waals surface area contributed by atoms with Crippen molar-refractivity contribution in [1.82, 2.24) is 0 Å². The predicted molar refractivity (Wildman–Crippen MR) is 120 cm³/mol. The van der Waals surface area contributed by atoms with Gasteiger partial charge >= 0.3 is 49.7 Å². The zero-order valence-electron chi connectivity index (χ0n) is 18.1. The molecular weight excluding hydrogens is 428 g/mol. The molecule has 0 spiro atoms. The summed E-state index contributed by atoms with van der Waals surface area (Å²) in [6.07, 6.45) is 4.64. The summed E-state index contributed by atoms with van der Waals surface area (Å²) in [5.41, 5.74) is 0.958. The van der Waals surface area contributed by atoms with Crippen molar-refractivity contribution in [1.29, 1.82) is 0 Å². The van der Waals surface area contributed by atoms with E-state index in [1.807, 2.05) is 26.0 Å². The van der Waals surface area contributed by atoms with Crippen LogP contribution in [0.1, 0.15) is 59.3 Å². The van der Waals surface area contributed by atoms with Crippen LogP contribution in [0.3, 0.4) is 0 Å². The number of fused-ring (bicyclic) bond motifs is 1. The first-order valence-corrected chi connectivity index (χ1v) is 11.0. The molecule has 4 N–H and O–H groups in total. The second-order valence-corrected chi connectivity index (χ2v) is 8.88. The van der Waals surface area contributed by atoms with Crippen LogP contribution in [0.5, 0.6) is 0 Å². The Morgan fingerprint density at radius 2 is 1.94 bits per heavy atom. The molecule has 2 aliphatic rings. The van der Waals surface area contributed by atoms with Gasteiger partial charge in [0.05, 0.1) is 30.7 Å². The number of hydrogen-bond acceptors (Lipinski definition) is 6. The van der Waals surface area contributed by atoms with Gasteiger partial charge in [0.15, 0.2) is 0 Å². The van der Waals surface area contributed by atoms with Gasteiger partial charge in [-0.1, -0.05) is 39.0 Å². The van der Waals surface area contributed by atoms with E-state index in [4.69, 9.17) is 9.84 Å². The molecule has 0 saturated carbocycles. The number of carboxylic acid groups (broad SMARTS) is 1. The predicted octanol–water partition coefficient (Wildman–Crippen LogP) is 1.52. The third-order valence-corrected chi connectivity index (χ3v) is 6.44. The Morgan fingerprint density at radius 1 is 1.26 bits per heavy atom. The summed E-state index contributed by atoms with van der Waals surface area (Å²) in [5.74, 6) is -1.31. The number of carbonyl (C=O) groups is 2. The molecule has 0 radical (unpaired) electrons. The van der Waals surface area contributed by atoms with Crippen molar-refractivity contribution in [3.05, 3.63) is 23.8 Å². The molecule has 31 heavy (non-hydrogen) atoms. The quantitative estimate of drug-likeness (QED) is 0.284. The van der Waals surface area contributed by atoms with Crippen LogP contribution in [0, 0.1) is 23.7 Å². The van der Waals surface area contributed by atoms with E-state index in [0.29, 0.717) is 25.7 Å². The monoisotopic (exact) mass is 466 g/mol. The fraction of sp³-hybridized carbons (Fsp3) is 0.739. The van der Waals surface area contributed by atoms with Gasteiger partial charge in [0, 0.05) is 12.3 Å². The van der Waals surface area contributed by atoms with Gasteiger partial charge in [0.1, 0.15) is 6.10 Å². The first kappa shape index (κ1) is 28.6. The molecule has 2 aliphatic carbocycles. The molecule has 0 aromatic carbocycles. The average Bonchev–Trinajstić information content (AvgIpc) is 2.65. The van der Waals surface area contributed by atoms with Gasteiger partial charge in [0.2, 0.25) is 0 Å². The summed E-state index contributed by atoms with van der Waals surface area (Å²) in [5, 5.41) is 39.1. The third-order valence-electron chi connectivity index (χ3n) is 6.44. The van der Waals surface area contributed by atoms with Gasteiger partial charge < -0.3 is 25.2 Å². The summed E-state index contributed by atoms with van der Waals surface area (Å²) in [7, 11) is 0. The Morgan fingerprint density at radius 3 is 2.55 bits per heavy atom. The molecule has 0 aromatic heterocycles. The van der Waals surface area contributed by atoms with Gasteiger partial charge in [-0.2, -0.15) is 0 Å². The van der Waals surface area contributed by atoms with Gasteiger partial charge in [-0.25, -0.2) is 0 Å². The first-order valence-electron chi connectivity index (χ1n) is 11.0. The number of carbonyl (C=O) groups excluding carboxylic acids is 1.